The second-order valence-corrected chi connectivity index (χ2v) is 7.47. The van der Waals surface area contributed by atoms with E-state index in [0.29, 0.717) is 23.3 Å². The number of benzene rings is 2. The topological polar surface area (TPSA) is 78.3 Å². The van der Waals surface area contributed by atoms with Gasteiger partial charge in [-0.3, -0.25) is 4.79 Å². The fraction of sp³-hybridized carbons (Fsp3) is 0.286. The van der Waals surface area contributed by atoms with Crippen LogP contribution in [0.3, 0.4) is 0 Å². The number of ether oxygens (including phenoxy) is 2. The molecule has 1 unspecified atom stereocenters. The minimum absolute atomic E-state index is 0.142. The van der Waals surface area contributed by atoms with Crippen molar-refractivity contribution in [2.45, 2.75) is 24.7 Å². The second kappa shape index (κ2) is 10.1. The van der Waals surface area contributed by atoms with Gasteiger partial charge in [0.15, 0.2) is 17.1 Å². The van der Waals surface area contributed by atoms with Gasteiger partial charge in [-0.1, -0.05) is 23.9 Å². The number of hydrogen-bond acceptors (Lipinski definition) is 6. The number of aromatic nitrogens is 3. The van der Waals surface area contributed by atoms with Crippen LogP contribution in [0.5, 0.6) is 11.5 Å². The van der Waals surface area contributed by atoms with Gasteiger partial charge in [-0.2, -0.15) is 0 Å². The first-order valence-corrected chi connectivity index (χ1v) is 10.3. The highest BCUT2D eigenvalue weighted by Crippen LogP contribution is 2.25. The zero-order chi connectivity index (χ0) is 21.5. The third-order valence-electron chi connectivity index (χ3n) is 4.34. The summed E-state index contributed by atoms with van der Waals surface area (Å²) in [5.74, 6) is 1.85. The van der Waals surface area contributed by atoms with E-state index in [1.54, 1.807) is 19.2 Å². The molecule has 7 nitrogen and oxygen atoms in total. The second-order valence-electron chi connectivity index (χ2n) is 6.53. The smallest absolute Gasteiger partial charge is 0.230 e. The maximum absolute atomic E-state index is 12.9. The van der Waals surface area contributed by atoms with Crippen molar-refractivity contribution in [3.05, 3.63) is 65.7 Å². The molecule has 158 valence electrons. The third-order valence-corrected chi connectivity index (χ3v) is 5.36. The molecule has 9 heteroatoms. The molecule has 3 aromatic rings. The Balaban J connectivity index is 1.51. The monoisotopic (exact) mass is 430 g/mol. The van der Waals surface area contributed by atoms with E-state index in [4.69, 9.17) is 9.47 Å². The Bertz CT molecular complexity index is 977. The lowest BCUT2D eigenvalue weighted by Gasteiger charge is -2.14. The Labute approximate surface area is 178 Å². The van der Waals surface area contributed by atoms with Crippen molar-refractivity contribution in [2.75, 3.05) is 12.9 Å². The van der Waals surface area contributed by atoms with Crippen LogP contribution in [0.15, 0.2) is 53.7 Å². The quantitative estimate of drug-likeness (QED) is 0.524. The predicted molar refractivity (Wildman–Crippen MR) is 112 cm³/mol. The van der Waals surface area contributed by atoms with E-state index >= 15 is 0 Å². The van der Waals surface area contributed by atoms with Crippen LogP contribution in [0, 0.1) is 5.82 Å². The van der Waals surface area contributed by atoms with E-state index in [1.165, 1.54) is 23.9 Å². The summed E-state index contributed by atoms with van der Waals surface area (Å²) in [6, 6.07) is 13.3. The van der Waals surface area contributed by atoms with Crippen LogP contribution in [0.4, 0.5) is 4.39 Å². The van der Waals surface area contributed by atoms with E-state index in [-0.39, 0.29) is 23.6 Å². The lowest BCUT2D eigenvalue weighted by atomic mass is 10.2. The number of carbonyl (C=O) groups is 1. The van der Waals surface area contributed by atoms with Gasteiger partial charge < -0.3 is 19.4 Å². The fourth-order valence-electron chi connectivity index (χ4n) is 2.70. The molecule has 0 fully saturated rings. The number of carbonyl (C=O) groups excluding carboxylic acids is 1. The van der Waals surface area contributed by atoms with Gasteiger partial charge in [-0.25, -0.2) is 4.39 Å². The van der Waals surface area contributed by atoms with Crippen molar-refractivity contribution in [1.82, 2.24) is 20.1 Å². The minimum Gasteiger partial charge on any atom is -0.497 e. The molecule has 0 saturated carbocycles. The molecule has 0 bridgehead atoms. The molecule has 0 saturated heterocycles. The number of hydrogen-bond donors (Lipinski definition) is 1. The van der Waals surface area contributed by atoms with E-state index < -0.39 is 0 Å². The summed E-state index contributed by atoms with van der Waals surface area (Å²) in [5, 5.41) is 11.8. The number of thioether (sulfide) groups is 1. The average Bonchev–Trinajstić information content (AvgIpc) is 3.13. The Hall–Kier alpha value is -3.07. The van der Waals surface area contributed by atoms with Crippen LogP contribution in [-0.2, 0) is 18.4 Å². The maximum Gasteiger partial charge on any atom is 0.230 e. The lowest BCUT2D eigenvalue weighted by molar-refractivity contribution is -0.118. The fourth-order valence-corrected chi connectivity index (χ4v) is 3.45. The first-order valence-electron chi connectivity index (χ1n) is 9.30. The number of methoxy groups -OCH3 is 1. The highest BCUT2D eigenvalue weighted by molar-refractivity contribution is 7.99. The standard InChI is InChI=1S/C21H23FN4O3S/c1-14(29-18-10-8-17(28-3)9-11-18)20-24-25-21(26(20)2)30-13-19(27)23-12-15-4-6-16(22)7-5-15/h4-11,14H,12-13H2,1-3H3,(H,23,27). The molecular weight excluding hydrogens is 407 g/mol. The Morgan fingerprint density at radius 1 is 1.13 bits per heavy atom. The van der Waals surface area contributed by atoms with Gasteiger partial charge >= 0.3 is 0 Å². The van der Waals surface area contributed by atoms with Crippen LogP contribution in [-0.4, -0.2) is 33.5 Å². The molecule has 1 N–H and O–H groups in total. The molecule has 0 radical (unpaired) electrons. The minimum atomic E-state index is -0.322. The molecule has 0 aliphatic carbocycles. The summed E-state index contributed by atoms with van der Waals surface area (Å²) in [6.45, 7) is 2.23. The van der Waals surface area contributed by atoms with E-state index in [2.05, 4.69) is 15.5 Å². The van der Waals surface area contributed by atoms with E-state index in [0.717, 1.165) is 11.3 Å². The number of amides is 1. The number of halogens is 1. The van der Waals surface area contributed by atoms with Crippen LogP contribution in [0.1, 0.15) is 24.4 Å². The first-order chi connectivity index (χ1) is 14.5. The molecule has 0 aliphatic rings. The van der Waals surface area contributed by atoms with Crippen molar-refractivity contribution in [1.29, 1.82) is 0 Å². The van der Waals surface area contributed by atoms with Gasteiger partial charge in [0.25, 0.3) is 0 Å². The zero-order valence-electron chi connectivity index (χ0n) is 17.0. The Morgan fingerprint density at radius 3 is 2.47 bits per heavy atom. The number of rotatable bonds is 9. The van der Waals surface area contributed by atoms with Gasteiger partial charge in [0.2, 0.25) is 5.91 Å². The molecule has 3 rings (SSSR count). The van der Waals surface area contributed by atoms with Crippen molar-refractivity contribution in [3.8, 4) is 11.5 Å². The van der Waals surface area contributed by atoms with Crippen molar-refractivity contribution < 1.29 is 18.7 Å². The SMILES string of the molecule is COc1ccc(OC(C)c2nnc(SCC(=O)NCc3ccc(F)cc3)n2C)cc1. The molecule has 1 aromatic heterocycles. The van der Waals surface area contributed by atoms with Crippen LogP contribution >= 0.6 is 11.8 Å². The molecular formula is C21H23FN4O3S. The number of nitrogens with one attached hydrogen (secondary N) is 1. The number of nitrogens with zero attached hydrogens (tertiary/aromatic N) is 3. The van der Waals surface area contributed by atoms with Crippen molar-refractivity contribution >= 4 is 17.7 Å². The summed E-state index contributed by atoms with van der Waals surface area (Å²) in [6.07, 6.45) is -0.322. The Kier molecular flexibility index (Phi) is 7.29. The maximum atomic E-state index is 12.9. The predicted octanol–water partition coefficient (Wildman–Crippen LogP) is 3.51. The van der Waals surface area contributed by atoms with Crippen LogP contribution in [0.25, 0.3) is 0 Å². The average molecular weight is 431 g/mol. The summed E-state index contributed by atoms with van der Waals surface area (Å²) >= 11 is 1.29. The molecule has 1 heterocycles. The lowest BCUT2D eigenvalue weighted by Crippen LogP contribution is -2.24. The molecule has 0 aliphatic heterocycles. The van der Waals surface area contributed by atoms with E-state index in [9.17, 15) is 9.18 Å². The van der Waals surface area contributed by atoms with Gasteiger partial charge in [-0.15, -0.1) is 10.2 Å². The molecule has 1 atom stereocenters. The molecule has 30 heavy (non-hydrogen) atoms. The largest absolute Gasteiger partial charge is 0.497 e. The van der Waals surface area contributed by atoms with Crippen molar-refractivity contribution in [2.24, 2.45) is 7.05 Å². The summed E-state index contributed by atoms with van der Waals surface area (Å²) in [5.41, 5.74) is 0.834. The molecule has 1 amide bonds. The first kappa shape index (κ1) is 21.6. The van der Waals surface area contributed by atoms with Gasteiger partial charge in [0.05, 0.1) is 12.9 Å². The normalized spacial score (nSPS) is 11.7. The highest BCUT2D eigenvalue weighted by atomic mass is 32.2. The van der Waals surface area contributed by atoms with E-state index in [1.807, 2.05) is 42.8 Å². The molecule has 0 spiro atoms. The summed E-state index contributed by atoms with van der Waals surface area (Å²) in [4.78, 5) is 12.1. The zero-order valence-corrected chi connectivity index (χ0v) is 17.8. The summed E-state index contributed by atoms with van der Waals surface area (Å²) < 4.78 is 25.8. The Morgan fingerprint density at radius 2 is 1.80 bits per heavy atom. The third kappa shape index (κ3) is 5.73. The van der Waals surface area contributed by atoms with Crippen LogP contribution in [0.2, 0.25) is 0 Å². The van der Waals surface area contributed by atoms with Crippen molar-refractivity contribution in [3.63, 3.8) is 0 Å². The van der Waals surface area contributed by atoms with Crippen LogP contribution < -0.4 is 14.8 Å². The van der Waals surface area contributed by atoms with Gasteiger partial charge in [-0.05, 0) is 48.9 Å². The highest BCUT2D eigenvalue weighted by Gasteiger charge is 2.18. The molecule has 2 aromatic carbocycles. The van der Waals surface area contributed by atoms with Gasteiger partial charge in [0, 0.05) is 13.6 Å². The summed E-state index contributed by atoms with van der Waals surface area (Å²) in [7, 11) is 3.45. The van der Waals surface area contributed by atoms with Gasteiger partial charge in [0.1, 0.15) is 17.3 Å².